The minimum atomic E-state index is -0.667. The Balaban J connectivity index is 1.56. The van der Waals surface area contributed by atoms with E-state index < -0.39 is 5.41 Å². The number of aromatic nitrogens is 1. The van der Waals surface area contributed by atoms with Crippen LogP contribution in [-0.4, -0.2) is 29.9 Å². The van der Waals surface area contributed by atoms with Crippen molar-refractivity contribution >= 4 is 34.5 Å². The van der Waals surface area contributed by atoms with Crippen molar-refractivity contribution < 1.29 is 14.3 Å². The number of amides is 2. The Bertz CT molecular complexity index is 1140. The summed E-state index contributed by atoms with van der Waals surface area (Å²) < 4.78 is 5.94. The summed E-state index contributed by atoms with van der Waals surface area (Å²) in [5, 5.41) is 5.40. The van der Waals surface area contributed by atoms with Crippen molar-refractivity contribution in [3.63, 3.8) is 0 Å². The summed E-state index contributed by atoms with van der Waals surface area (Å²) in [7, 11) is 0. The van der Waals surface area contributed by atoms with E-state index in [1.165, 1.54) is 11.3 Å². The highest BCUT2D eigenvalue weighted by molar-refractivity contribution is 7.13. The van der Waals surface area contributed by atoms with Crippen LogP contribution in [0.5, 0.6) is 5.75 Å². The molecule has 158 valence electrons. The minimum absolute atomic E-state index is 0.0288. The zero-order chi connectivity index (χ0) is 22.0. The third-order valence-corrected chi connectivity index (χ3v) is 5.88. The van der Waals surface area contributed by atoms with E-state index in [-0.39, 0.29) is 18.4 Å². The molecule has 1 aliphatic heterocycles. The normalized spacial score (nSPS) is 14.9. The van der Waals surface area contributed by atoms with Crippen LogP contribution in [0.3, 0.4) is 0 Å². The van der Waals surface area contributed by atoms with Gasteiger partial charge in [0.15, 0.2) is 0 Å². The summed E-state index contributed by atoms with van der Waals surface area (Å²) in [6, 6.07) is 15.0. The number of carbonyl (C=O) groups is 2. The lowest BCUT2D eigenvalue weighted by Gasteiger charge is -2.27. The smallest absolute Gasteiger partial charge is 0.275 e. The SMILES string of the molecule is C=CCN1C(=O)C(C)(C)COc2cc(NC(=O)c3csc(-c4ccccc4)n3)ccc21. The van der Waals surface area contributed by atoms with Crippen molar-refractivity contribution in [1.82, 2.24) is 4.98 Å². The number of thiazole rings is 1. The Labute approximate surface area is 185 Å². The molecule has 0 radical (unpaired) electrons. The Kier molecular flexibility index (Phi) is 5.61. The lowest BCUT2D eigenvalue weighted by molar-refractivity contribution is -0.127. The fourth-order valence-electron chi connectivity index (χ4n) is 3.32. The van der Waals surface area contributed by atoms with Crippen LogP contribution in [0.25, 0.3) is 10.6 Å². The monoisotopic (exact) mass is 433 g/mol. The quantitative estimate of drug-likeness (QED) is 0.575. The molecule has 6 nitrogen and oxygen atoms in total. The minimum Gasteiger partial charge on any atom is -0.490 e. The number of anilines is 2. The second-order valence-corrected chi connectivity index (χ2v) is 8.78. The molecule has 0 saturated heterocycles. The van der Waals surface area contributed by atoms with Crippen molar-refractivity contribution in [2.45, 2.75) is 13.8 Å². The van der Waals surface area contributed by atoms with Gasteiger partial charge < -0.3 is 15.0 Å². The predicted molar refractivity (Wildman–Crippen MR) is 124 cm³/mol. The highest BCUT2D eigenvalue weighted by Crippen LogP contribution is 2.38. The second-order valence-electron chi connectivity index (χ2n) is 7.92. The average Bonchev–Trinajstić information content (AvgIpc) is 3.24. The molecule has 3 aromatic rings. The molecule has 0 aliphatic carbocycles. The summed E-state index contributed by atoms with van der Waals surface area (Å²) in [6.45, 7) is 8.09. The van der Waals surface area contributed by atoms with Gasteiger partial charge in [0, 0.05) is 29.2 Å². The average molecular weight is 434 g/mol. The predicted octanol–water partition coefficient (Wildman–Crippen LogP) is 5.00. The molecule has 0 saturated carbocycles. The number of hydrogen-bond donors (Lipinski definition) is 1. The molecule has 2 heterocycles. The molecule has 2 aromatic carbocycles. The topological polar surface area (TPSA) is 71.5 Å². The van der Waals surface area contributed by atoms with E-state index in [0.29, 0.717) is 29.4 Å². The van der Waals surface area contributed by atoms with E-state index >= 15 is 0 Å². The fraction of sp³-hybridized carbons (Fsp3) is 0.208. The van der Waals surface area contributed by atoms with E-state index in [0.717, 1.165) is 10.6 Å². The number of nitrogens with one attached hydrogen (secondary N) is 1. The van der Waals surface area contributed by atoms with Gasteiger partial charge in [0.1, 0.15) is 23.1 Å². The molecule has 7 heteroatoms. The number of ether oxygens (including phenoxy) is 1. The number of carbonyl (C=O) groups excluding carboxylic acids is 2. The Morgan fingerprint density at radius 1 is 1.29 bits per heavy atom. The van der Waals surface area contributed by atoms with Gasteiger partial charge in [-0.15, -0.1) is 17.9 Å². The number of benzene rings is 2. The highest BCUT2D eigenvalue weighted by Gasteiger charge is 2.37. The Morgan fingerprint density at radius 2 is 2.06 bits per heavy atom. The van der Waals surface area contributed by atoms with Crippen LogP contribution in [0.2, 0.25) is 0 Å². The standard InChI is InChI=1S/C24H23N3O3S/c1-4-12-27-19-11-10-17(13-20(19)30-15-24(2,3)23(27)29)25-21(28)18-14-31-22(26-18)16-8-6-5-7-9-16/h4-11,13-14H,1,12,15H2,2-3H3,(H,25,28). The maximum Gasteiger partial charge on any atom is 0.275 e. The van der Waals surface area contributed by atoms with Crippen molar-refractivity contribution in [1.29, 1.82) is 0 Å². The van der Waals surface area contributed by atoms with Crippen molar-refractivity contribution in [3.05, 3.63) is 72.3 Å². The van der Waals surface area contributed by atoms with Gasteiger partial charge in [-0.3, -0.25) is 9.59 Å². The zero-order valence-electron chi connectivity index (χ0n) is 17.4. The summed E-state index contributed by atoms with van der Waals surface area (Å²) in [4.78, 5) is 31.8. The molecule has 0 spiro atoms. The number of fused-ring (bicyclic) bond motifs is 1. The van der Waals surface area contributed by atoms with Gasteiger partial charge in [0.25, 0.3) is 5.91 Å². The largest absolute Gasteiger partial charge is 0.490 e. The first-order valence-electron chi connectivity index (χ1n) is 9.91. The Hall–Kier alpha value is -3.45. The van der Waals surface area contributed by atoms with E-state index in [4.69, 9.17) is 4.74 Å². The number of rotatable bonds is 5. The zero-order valence-corrected chi connectivity index (χ0v) is 18.2. The first-order valence-corrected chi connectivity index (χ1v) is 10.8. The second kappa shape index (κ2) is 8.35. The number of hydrogen-bond acceptors (Lipinski definition) is 5. The summed E-state index contributed by atoms with van der Waals surface area (Å²) >= 11 is 1.42. The van der Waals surface area contributed by atoms with Gasteiger partial charge in [-0.1, -0.05) is 36.4 Å². The lowest BCUT2D eigenvalue weighted by atomic mass is 9.93. The van der Waals surface area contributed by atoms with Crippen LogP contribution in [-0.2, 0) is 4.79 Å². The molecule has 31 heavy (non-hydrogen) atoms. The molecule has 0 bridgehead atoms. The van der Waals surface area contributed by atoms with E-state index in [1.54, 1.807) is 34.6 Å². The van der Waals surface area contributed by atoms with Crippen molar-refractivity contribution in [2.75, 3.05) is 23.4 Å². The summed E-state index contributed by atoms with van der Waals surface area (Å²) in [5.74, 6) is 0.215. The van der Waals surface area contributed by atoms with Gasteiger partial charge >= 0.3 is 0 Å². The third kappa shape index (κ3) is 4.22. The van der Waals surface area contributed by atoms with Crippen LogP contribution >= 0.6 is 11.3 Å². The number of nitrogens with zero attached hydrogens (tertiary/aromatic N) is 2. The summed E-state index contributed by atoms with van der Waals surface area (Å²) in [5.41, 5.74) is 1.89. The van der Waals surface area contributed by atoms with Crippen molar-refractivity contribution in [2.24, 2.45) is 5.41 Å². The van der Waals surface area contributed by atoms with Crippen LogP contribution in [0.15, 0.2) is 66.6 Å². The molecular weight excluding hydrogens is 410 g/mol. The van der Waals surface area contributed by atoms with Gasteiger partial charge in [0.05, 0.1) is 11.1 Å². The van der Waals surface area contributed by atoms with E-state index in [2.05, 4.69) is 16.9 Å². The molecule has 2 amide bonds. The van der Waals surface area contributed by atoms with E-state index in [9.17, 15) is 9.59 Å². The van der Waals surface area contributed by atoms with Gasteiger partial charge in [-0.05, 0) is 26.0 Å². The highest BCUT2D eigenvalue weighted by atomic mass is 32.1. The first-order chi connectivity index (χ1) is 14.9. The molecule has 1 aliphatic rings. The molecule has 0 fully saturated rings. The third-order valence-electron chi connectivity index (χ3n) is 4.99. The summed E-state index contributed by atoms with van der Waals surface area (Å²) in [6.07, 6.45) is 1.69. The molecule has 1 aromatic heterocycles. The molecule has 0 atom stereocenters. The van der Waals surface area contributed by atoms with E-state index in [1.807, 2.05) is 44.2 Å². The molecule has 1 N–H and O–H groups in total. The van der Waals surface area contributed by atoms with Gasteiger partial charge in [-0.2, -0.15) is 0 Å². The first kappa shape index (κ1) is 20.8. The van der Waals surface area contributed by atoms with Gasteiger partial charge in [0.2, 0.25) is 5.91 Å². The van der Waals surface area contributed by atoms with Gasteiger partial charge in [-0.25, -0.2) is 4.98 Å². The molecular formula is C24H23N3O3S. The Morgan fingerprint density at radius 3 is 2.81 bits per heavy atom. The fourth-order valence-corrected chi connectivity index (χ4v) is 4.13. The van der Waals surface area contributed by atoms with Crippen LogP contribution in [0.4, 0.5) is 11.4 Å². The van der Waals surface area contributed by atoms with Crippen LogP contribution < -0.4 is 15.0 Å². The van der Waals surface area contributed by atoms with Crippen LogP contribution in [0, 0.1) is 5.41 Å². The maximum atomic E-state index is 12.9. The van der Waals surface area contributed by atoms with Crippen LogP contribution in [0.1, 0.15) is 24.3 Å². The maximum absolute atomic E-state index is 12.9. The lowest BCUT2D eigenvalue weighted by Crippen LogP contribution is -2.42. The van der Waals surface area contributed by atoms with Crippen molar-refractivity contribution in [3.8, 4) is 16.3 Å². The molecule has 4 rings (SSSR count). The molecule has 0 unspecified atom stereocenters.